The van der Waals surface area contributed by atoms with Gasteiger partial charge in [-0.1, -0.05) is 288 Å². The molecule has 464 valence electrons. The fraction of sp³-hybridized carbons (Fsp3) is 0.871. The van der Waals surface area contributed by atoms with Crippen molar-refractivity contribution in [3.63, 3.8) is 0 Å². The van der Waals surface area contributed by atoms with E-state index >= 15 is 0 Å². The molecule has 0 heterocycles. The number of unbranched alkanes of at least 4 members (excludes halogenated alkanes) is 43. The Morgan fingerprint density at radius 1 is 0.380 bits per heavy atom. The maximum absolute atomic E-state index is 12.9. The normalized spacial score (nSPS) is 12.9. The van der Waals surface area contributed by atoms with E-state index in [1.54, 1.807) is 0 Å². The Morgan fingerprint density at radius 2 is 0.684 bits per heavy atom. The van der Waals surface area contributed by atoms with Crippen molar-refractivity contribution in [3.8, 4) is 0 Å². The standard InChI is InChI=1S/C70H131NO8/c1-6-8-10-12-14-16-18-20-22-24-26-28-30-31-32-33-34-35-36-37-39-41-43-45-47-49-51-53-55-57-59-61-68(73)79-66(65-78-70(69(74)75)76-63-62-71(3,4)5)64-77-67(72)60-58-56-54-52-50-48-46-44-42-40-38-29-27-25-23-21-19-17-15-13-11-9-7-2/h18,20,24-27,66,70H,6-17,19,21-23,28-65H2,1-5H3/b20-18-,26-24-,27-25-. The van der Waals surface area contributed by atoms with E-state index in [1.807, 2.05) is 21.1 Å². The Bertz CT molecular complexity index is 1390. The zero-order valence-corrected chi connectivity index (χ0v) is 53.0. The van der Waals surface area contributed by atoms with Gasteiger partial charge < -0.3 is 33.3 Å². The van der Waals surface area contributed by atoms with Crippen molar-refractivity contribution < 1.29 is 42.9 Å². The molecular weight excluding hydrogens is 983 g/mol. The molecule has 0 rings (SSSR count). The van der Waals surface area contributed by atoms with Crippen LogP contribution in [0.2, 0.25) is 0 Å². The van der Waals surface area contributed by atoms with Crippen molar-refractivity contribution in [1.82, 2.24) is 0 Å². The predicted molar refractivity (Wildman–Crippen MR) is 334 cm³/mol. The lowest BCUT2D eigenvalue weighted by molar-refractivity contribution is -0.870. The average molecular weight is 1110 g/mol. The fourth-order valence-corrected chi connectivity index (χ4v) is 10.1. The lowest BCUT2D eigenvalue weighted by atomic mass is 10.0. The van der Waals surface area contributed by atoms with Crippen molar-refractivity contribution >= 4 is 17.9 Å². The molecule has 0 aliphatic rings. The van der Waals surface area contributed by atoms with E-state index in [4.69, 9.17) is 18.9 Å². The maximum atomic E-state index is 12.9. The maximum Gasteiger partial charge on any atom is 0.306 e. The summed E-state index contributed by atoms with van der Waals surface area (Å²) >= 11 is 0. The van der Waals surface area contributed by atoms with Crippen LogP contribution in [0.3, 0.4) is 0 Å². The van der Waals surface area contributed by atoms with Crippen molar-refractivity contribution in [1.29, 1.82) is 0 Å². The monoisotopic (exact) mass is 1110 g/mol. The summed E-state index contributed by atoms with van der Waals surface area (Å²) in [5.74, 6) is -2.26. The molecule has 79 heavy (non-hydrogen) atoms. The van der Waals surface area contributed by atoms with Crippen LogP contribution in [0.1, 0.15) is 335 Å². The summed E-state index contributed by atoms with van der Waals surface area (Å²) in [4.78, 5) is 37.4. The molecule has 0 radical (unpaired) electrons. The predicted octanol–water partition coefficient (Wildman–Crippen LogP) is 19.5. The number of allylic oxidation sites excluding steroid dienone is 6. The van der Waals surface area contributed by atoms with E-state index < -0.39 is 24.3 Å². The van der Waals surface area contributed by atoms with E-state index in [-0.39, 0.29) is 32.2 Å². The van der Waals surface area contributed by atoms with E-state index in [2.05, 4.69) is 50.3 Å². The molecule has 0 aromatic carbocycles. The number of carbonyl (C=O) groups excluding carboxylic acids is 3. The highest BCUT2D eigenvalue weighted by molar-refractivity contribution is 5.70. The van der Waals surface area contributed by atoms with Crippen LogP contribution in [0.15, 0.2) is 36.5 Å². The van der Waals surface area contributed by atoms with Crippen LogP contribution in [0.4, 0.5) is 0 Å². The van der Waals surface area contributed by atoms with Crippen LogP contribution in [0.5, 0.6) is 0 Å². The summed E-state index contributed by atoms with van der Waals surface area (Å²) in [5.41, 5.74) is 0. The van der Waals surface area contributed by atoms with Crippen molar-refractivity contribution in [2.75, 3.05) is 47.5 Å². The molecule has 0 aromatic rings. The number of esters is 2. The Labute approximate surface area is 490 Å². The van der Waals surface area contributed by atoms with Crippen molar-refractivity contribution in [3.05, 3.63) is 36.5 Å². The van der Waals surface area contributed by atoms with Gasteiger partial charge >= 0.3 is 11.9 Å². The van der Waals surface area contributed by atoms with Gasteiger partial charge in [-0.15, -0.1) is 0 Å². The second-order valence-electron chi connectivity index (χ2n) is 24.5. The van der Waals surface area contributed by atoms with Gasteiger partial charge in [0.05, 0.1) is 40.3 Å². The molecule has 2 unspecified atom stereocenters. The molecule has 0 aromatic heterocycles. The summed E-state index contributed by atoms with van der Waals surface area (Å²) in [6.45, 7) is 4.80. The molecule has 0 N–H and O–H groups in total. The first-order valence-corrected chi connectivity index (χ1v) is 34.1. The number of likely N-dealkylation sites (N-methyl/N-ethyl adjacent to an activating group) is 1. The minimum atomic E-state index is -1.62. The first-order valence-electron chi connectivity index (χ1n) is 34.1. The third-order valence-electron chi connectivity index (χ3n) is 15.4. The quantitative estimate of drug-likeness (QED) is 0.0195. The highest BCUT2D eigenvalue weighted by atomic mass is 16.7. The summed E-state index contributed by atoms with van der Waals surface area (Å²) in [6.07, 6.45) is 73.6. The van der Waals surface area contributed by atoms with Gasteiger partial charge in [0.2, 0.25) is 0 Å². The number of quaternary nitrogens is 1. The van der Waals surface area contributed by atoms with Gasteiger partial charge in [-0.25, -0.2) is 0 Å². The first-order chi connectivity index (χ1) is 38.6. The molecule has 0 aliphatic heterocycles. The zero-order chi connectivity index (χ0) is 57.6. The molecule has 0 bridgehead atoms. The third-order valence-corrected chi connectivity index (χ3v) is 15.4. The Kier molecular flexibility index (Phi) is 59.6. The van der Waals surface area contributed by atoms with E-state index in [9.17, 15) is 19.5 Å². The number of rotatable bonds is 64. The highest BCUT2D eigenvalue weighted by Gasteiger charge is 2.22. The number of hydrogen-bond acceptors (Lipinski definition) is 8. The largest absolute Gasteiger partial charge is 0.545 e. The summed E-state index contributed by atoms with van der Waals surface area (Å²) in [5, 5.41) is 11.8. The highest BCUT2D eigenvalue weighted by Crippen LogP contribution is 2.18. The summed E-state index contributed by atoms with van der Waals surface area (Å²) in [6, 6.07) is 0. The number of carboxylic acids is 1. The average Bonchev–Trinajstić information content (AvgIpc) is 3.42. The number of carboxylic acid groups (broad SMARTS) is 1. The van der Waals surface area contributed by atoms with Crippen LogP contribution >= 0.6 is 0 Å². The van der Waals surface area contributed by atoms with E-state index in [0.29, 0.717) is 17.4 Å². The van der Waals surface area contributed by atoms with Gasteiger partial charge in [0, 0.05) is 12.8 Å². The molecule has 0 saturated heterocycles. The lowest BCUT2D eigenvalue weighted by Gasteiger charge is -2.26. The molecule has 0 spiro atoms. The molecular formula is C70H131NO8. The second-order valence-corrected chi connectivity index (χ2v) is 24.5. The first kappa shape index (κ1) is 76.5. The van der Waals surface area contributed by atoms with Crippen LogP contribution in [0.25, 0.3) is 0 Å². The van der Waals surface area contributed by atoms with Gasteiger partial charge in [-0.2, -0.15) is 0 Å². The van der Waals surface area contributed by atoms with Crippen LogP contribution in [-0.4, -0.2) is 82.3 Å². The van der Waals surface area contributed by atoms with Crippen molar-refractivity contribution in [2.24, 2.45) is 0 Å². The van der Waals surface area contributed by atoms with Gasteiger partial charge in [0.15, 0.2) is 12.4 Å². The molecule has 0 amide bonds. The van der Waals surface area contributed by atoms with E-state index in [1.165, 1.54) is 263 Å². The van der Waals surface area contributed by atoms with Crippen LogP contribution in [-0.2, 0) is 33.3 Å². The summed E-state index contributed by atoms with van der Waals surface area (Å²) in [7, 11) is 5.94. The lowest BCUT2D eigenvalue weighted by Crippen LogP contribution is -2.44. The van der Waals surface area contributed by atoms with Crippen LogP contribution in [0, 0.1) is 0 Å². The zero-order valence-electron chi connectivity index (χ0n) is 53.0. The fourth-order valence-electron chi connectivity index (χ4n) is 10.1. The molecule has 2 atom stereocenters. The molecule has 9 nitrogen and oxygen atoms in total. The second kappa shape index (κ2) is 61.6. The number of carbonyl (C=O) groups is 3. The number of hydrogen-bond donors (Lipinski definition) is 0. The van der Waals surface area contributed by atoms with Gasteiger partial charge in [0.25, 0.3) is 0 Å². The SMILES string of the molecule is CCCCCCC/C=C\C/C=C\CCCCCCCCCCCCCCCCCCCCCC(=O)OC(COC(=O)CCCCCCCCCCCCC/C=C\CCCCCCCCCC)COC(OCC[N+](C)(C)C)C(=O)[O-]. The number of ether oxygens (including phenoxy) is 4. The molecule has 9 heteroatoms. The smallest absolute Gasteiger partial charge is 0.306 e. The summed E-state index contributed by atoms with van der Waals surface area (Å²) < 4.78 is 22.8. The number of aliphatic carboxylic acids is 1. The Hall–Kier alpha value is -2.49. The Balaban J connectivity index is 4.09. The van der Waals surface area contributed by atoms with Gasteiger partial charge in [0.1, 0.15) is 13.2 Å². The molecule has 0 fully saturated rings. The molecule has 0 saturated carbocycles. The third kappa shape index (κ3) is 63.0. The number of nitrogens with zero attached hydrogens (tertiary/aromatic N) is 1. The molecule has 0 aliphatic carbocycles. The minimum Gasteiger partial charge on any atom is -0.545 e. The topological polar surface area (TPSA) is 111 Å². The van der Waals surface area contributed by atoms with Crippen LogP contribution < -0.4 is 5.11 Å². The Morgan fingerprint density at radius 3 is 1.01 bits per heavy atom. The minimum absolute atomic E-state index is 0.150. The van der Waals surface area contributed by atoms with Gasteiger partial charge in [-0.3, -0.25) is 9.59 Å². The van der Waals surface area contributed by atoms with Gasteiger partial charge in [-0.05, 0) is 70.6 Å². The van der Waals surface area contributed by atoms with Crippen molar-refractivity contribution in [2.45, 2.75) is 347 Å². The van der Waals surface area contributed by atoms with E-state index in [0.717, 1.165) is 44.9 Å².